The number of nitrogens with one attached hydrogen (secondary N) is 3. The van der Waals surface area contributed by atoms with Crippen molar-refractivity contribution in [1.29, 1.82) is 0 Å². The molecule has 0 bridgehead atoms. The monoisotopic (exact) mass is 332 g/mol. The molecule has 2 aromatic heterocycles. The Morgan fingerprint density at radius 1 is 1.27 bits per heavy atom. The Morgan fingerprint density at radius 3 is 2.91 bits per heavy atom. The minimum Gasteiger partial charge on any atom is -0.382 e. The maximum atomic E-state index is 6.16. The number of nitrogens with zero attached hydrogens (tertiary/aromatic N) is 3. The van der Waals surface area contributed by atoms with Crippen LogP contribution < -0.4 is 16.1 Å². The Balaban J connectivity index is 1.72. The molecular weight excluding hydrogens is 320 g/mol. The van der Waals surface area contributed by atoms with E-state index in [2.05, 4.69) is 31.1 Å². The van der Waals surface area contributed by atoms with Gasteiger partial charge in [0.15, 0.2) is 5.11 Å². The lowest BCUT2D eigenvalue weighted by Gasteiger charge is -2.19. The molecule has 112 valence electrons. The molecule has 8 heteroatoms. The topological polar surface area (TPSA) is 74.2 Å². The Bertz CT molecular complexity index is 719. The van der Waals surface area contributed by atoms with Crippen molar-refractivity contribution in [2.45, 2.75) is 6.42 Å². The quantitative estimate of drug-likeness (QED) is 0.580. The number of hydrazone groups is 1. The van der Waals surface area contributed by atoms with E-state index in [0.717, 1.165) is 35.7 Å². The van der Waals surface area contributed by atoms with Crippen molar-refractivity contribution < 1.29 is 0 Å². The van der Waals surface area contributed by atoms with Crippen LogP contribution in [-0.2, 0) is 0 Å². The average Bonchev–Trinajstić information content (AvgIpc) is 2.54. The number of anilines is 2. The van der Waals surface area contributed by atoms with E-state index in [0.29, 0.717) is 10.1 Å². The highest BCUT2D eigenvalue weighted by Gasteiger charge is 2.19. The molecule has 0 unspecified atom stereocenters. The summed E-state index contributed by atoms with van der Waals surface area (Å²) in [6, 6.07) is 5.39. The first kappa shape index (κ1) is 14.7. The fraction of sp³-hybridized carbons (Fsp3) is 0.143. The standard InChI is InChI=1S/C14H13ClN6S/c15-10-3-7-18-13-11(4-8-17-12(10)13)20-21-14(22)19-9-1-5-16-6-2-9/h1-3,5-7,17H,4,8H2,(H2,16,19,21,22)/b20-11-. The number of pyridine rings is 2. The van der Waals surface area contributed by atoms with Crippen LogP contribution in [-0.4, -0.2) is 27.3 Å². The van der Waals surface area contributed by atoms with E-state index < -0.39 is 0 Å². The number of halogens is 1. The van der Waals surface area contributed by atoms with Gasteiger partial charge in [0.25, 0.3) is 0 Å². The van der Waals surface area contributed by atoms with Gasteiger partial charge in [-0.05, 0) is 30.4 Å². The number of rotatable bonds is 2. The van der Waals surface area contributed by atoms with Crippen molar-refractivity contribution in [3.05, 3.63) is 47.5 Å². The van der Waals surface area contributed by atoms with E-state index >= 15 is 0 Å². The van der Waals surface area contributed by atoms with Gasteiger partial charge in [0.05, 0.1) is 16.4 Å². The summed E-state index contributed by atoms with van der Waals surface area (Å²) >= 11 is 11.4. The van der Waals surface area contributed by atoms with Gasteiger partial charge >= 0.3 is 0 Å². The van der Waals surface area contributed by atoms with Crippen molar-refractivity contribution in [2.75, 3.05) is 17.2 Å². The fourth-order valence-corrected chi connectivity index (χ4v) is 2.45. The molecule has 3 N–H and O–H groups in total. The van der Waals surface area contributed by atoms with Crippen LogP contribution in [0, 0.1) is 0 Å². The Labute approximate surface area is 138 Å². The number of fused-ring (bicyclic) bond motifs is 1. The highest BCUT2D eigenvalue weighted by atomic mass is 35.5. The molecule has 0 atom stereocenters. The third-order valence-corrected chi connectivity index (χ3v) is 3.58. The zero-order chi connectivity index (χ0) is 15.4. The molecule has 1 aliphatic rings. The molecule has 0 aromatic carbocycles. The molecule has 22 heavy (non-hydrogen) atoms. The first-order chi connectivity index (χ1) is 10.7. The fourth-order valence-electron chi connectivity index (χ4n) is 2.07. The summed E-state index contributed by atoms with van der Waals surface area (Å²) in [5, 5.41) is 11.6. The van der Waals surface area contributed by atoms with Gasteiger partial charge in [-0.1, -0.05) is 11.6 Å². The van der Waals surface area contributed by atoms with E-state index in [4.69, 9.17) is 23.8 Å². The first-order valence-corrected chi connectivity index (χ1v) is 7.45. The van der Waals surface area contributed by atoms with Crippen molar-refractivity contribution in [1.82, 2.24) is 15.4 Å². The van der Waals surface area contributed by atoms with E-state index in [1.807, 2.05) is 12.1 Å². The third-order valence-electron chi connectivity index (χ3n) is 3.07. The number of aromatic nitrogens is 2. The minimum atomic E-state index is 0.404. The second-order valence-corrected chi connectivity index (χ2v) is 5.37. The summed E-state index contributed by atoms with van der Waals surface area (Å²) in [6.45, 7) is 0.753. The van der Waals surface area contributed by atoms with Crippen LogP contribution in [0.5, 0.6) is 0 Å². The summed E-state index contributed by atoms with van der Waals surface area (Å²) in [4.78, 5) is 8.28. The molecule has 0 saturated heterocycles. The van der Waals surface area contributed by atoms with Crippen LogP contribution >= 0.6 is 23.8 Å². The van der Waals surface area contributed by atoms with Gasteiger partial charge in [-0.2, -0.15) is 5.10 Å². The van der Waals surface area contributed by atoms with Gasteiger partial charge in [0.1, 0.15) is 5.69 Å². The molecule has 0 fully saturated rings. The van der Waals surface area contributed by atoms with Crippen LogP contribution in [0.2, 0.25) is 5.02 Å². The lowest BCUT2D eigenvalue weighted by molar-refractivity contribution is 0.976. The van der Waals surface area contributed by atoms with Crippen molar-refractivity contribution in [3.8, 4) is 0 Å². The van der Waals surface area contributed by atoms with E-state index in [-0.39, 0.29) is 0 Å². The summed E-state index contributed by atoms with van der Waals surface area (Å²) in [5.41, 5.74) is 6.06. The number of hydrogen-bond acceptors (Lipinski definition) is 5. The molecule has 0 radical (unpaired) electrons. The van der Waals surface area contributed by atoms with Gasteiger partial charge in [-0.25, -0.2) is 0 Å². The summed E-state index contributed by atoms with van der Waals surface area (Å²) in [5.74, 6) is 0. The van der Waals surface area contributed by atoms with Crippen molar-refractivity contribution in [3.63, 3.8) is 0 Å². The van der Waals surface area contributed by atoms with Gasteiger partial charge in [0, 0.05) is 37.2 Å². The predicted molar refractivity (Wildman–Crippen MR) is 92.5 cm³/mol. The van der Waals surface area contributed by atoms with Gasteiger partial charge in [0.2, 0.25) is 0 Å². The van der Waals surface area contributed by atoms with E-state index in [1.165, 1.54) is 0 Å². The SMILES string of the molecule is S=C(N/N=C1/CCNc2c(Cl)ccnc21)Nc1ccncc1. The van der Waals surface area contributed by atoms with Crippen LogP contribution in [0.3, 0.4) is 0 Å². The second kappa shape index (κ2) is 6.67. The highest BCUT2D eigenvalue weighted by molar-refractivity contribution is 7.80. The van der Waals surface area contributed by atoms with Crippen LogP contribution in [0.15, 0.2) is 41.9 Å². The molecule has 0 amide bonds. The highest BCUT2D eigenvalue weighted by Crippen LogP contribution is 2.27. The van der Waals surface area contributed by atoms with Gasteiger partial charge < -0.3 is 10.6 Å². The van der Waals surface area contributed by atoms with Crippen LogP contribution in [0.4, 0.5) is 11.4 Å². The third kappa shape index (κ3) is 3.32. The minimum absolute atomic E-state index is 0.404. The molecule has 0 spiro atoms. The summed E-state index contributed by atoms with van der Waals surface area (Å²) in [7, 11) is 0. The Hall–Kier alpha value is -2.25. The smallest absolute Gasteiger partial charge is 0.191 e. The summed E-state index contributed by atoms with van der Waals surface area (Å²) in [6.07, 6.45) is 5.78. The molecule has 0 saturated carbocycles. The average molecular weight is 333 g/mol. The lowest BCUT2D eigenvalue weighted by atomic mass is 10.1. The van der Waals surface area contributed by atoms with Crippen molar-refractivity contribution in [2.24, 2.45) is 5.10 Å². The predicted octanol–water partition coefficient (Wildman–Crippen LogP) is 2.64. The first-order valence-electron chi connectivity index (χ1n) is 6.66. The molecule has 3 heterocycles. The number of hydrogen-bond donors (Lipinski definition) is 3. The molecule has 6 nitrogen and oxygen atoms in total. The van der Waals surface area contributed by atoms with E-state index in [1.54, 1.807) is 24.7 Å². The molecule has 0 aliphatic carbocycles. The number of thiocarbonyl (C=S) groups is 1. The maximum absolute atomic E-state index is 6.16. The van der Waals surface area contributed by atoms with Crippen LogP contribution in [0.1, 0.15) is 12.1 Å². The largest absolute Gasteiger partial charge is 0.382 e. The van der Waals surface area contributed by atoms with Crippen LogP contribution in [0.25, 0.3) is 0 Å². The van der Waals surface area contributed by atoms with E-state index in [9.17, 15) is 0 Å². The summed E-state index contributed by atoms with van der Waals surface area (Å²) < 4.78 is 0. The normalized spacial score (nSPS) is 14.9. The Kier molecular flexibility index (Phi) is 4.45. The molecule has 3 rings (SSSR count). The molecule has 2 aromatic rings. The zero-order valence-corrected chi connectivity index (χ0v) is 13.1. The molecular formula is C14H13ClN6S. The maximum Gasteiger partial charge on any atom is 0.191 e. The molecule has 1 aliphatic heterocycles. The van der Waals surface area contributed by atoms with Gasteiger partial charge in [-0.3, -0.25) is 15.4 Å². The Morgan fingerprint density at radius 2 is 2.09 bits per heavy atom. The van der Waals surface area contributed by atoms with Gasteiger partial charge in [-0.15, -0.1) is 0 Å². The second-order valence-electron chi connectivity index (χ2n) is 4.55. The zero-order valence-electron chi connectivity index (χ0n) is 11.5. The lowest BCUT2D eigenvalue weighted by Crippen LogP contribution is -2.28. The van der Waals surface area contributed by atoms with Crippen molar-refractivity contribution >= 4 is 46.0 Å².